The molecule has 20 heavy (non-hydrogen) atoms. The molecule has 0 unspecified atom stereocenters. The van der Waals surface area contributed by atoms with Crippen LogP contribution >= 0.6 is 15.9 Å². The molecule has 0 aliphatic heterocycles. The number of benzene rings is 1. The summed E-state index contributed by atoms with van der Waals surface area (Å²) in [5.41, 5.74) is 7.71. The van der Waals surface area contributed by atoms with Crippen LogP contribution in [0.2, 0.25) is 0 Å². The standard InChI is InChI=1S/C14H11BrN4O/c15-10-2-1-5-17-13(10)19-14(20)12-7-8-6-9(16)3-4-11(8)18-12/h1-7,18H,16H2,(H,17,19,20). The summed E-state index contributed by atoms with van der Waals surface area (Å²) in [6, 6.07) is 10.8. The molecule has 0 saturated carbocycles. The Balaban J connectivity index is 1.91. The zero-order valence-corrected chi connectivity index (χ0v) is 11.9. The van der Waals surface area contributed by atoms with Crippen molar-refractivity contribution in [2.75, 3.05) is 11.1 Å². The van der Waals surface area contributed by atoms with Crippen LogP contribution in [0, 0.1) is 0 Å². The average Bonchev–Trinajstić information content (AvgIpc) is 2.84. The van der Waals surface area contributed by atoms with Crippen LogP contribution in [0.25, 0.3) is 10.9 Å². The Bertz CT molecular complexity index is 797. The number of nitrogens with two attached hydrogens (primary N) is 1. The van der Waals surface area contributed by atoms with Gasteiger partial charge in [0, 0.05) is 22.8 Å². The first-order chi connectivity index (χ1) is 9.63. The van der Waals surface area contributed by atoms with Gasteiger partial charge in [-0.25, -0.2) is 4.98 Å². The molecular formula is C14H11BrN4O. The maximum Gasteiger partial charge on any atom is 0.273 e. The molecule has 2 aromatic heterocycles. The van der Waals surface area contributed by atoms with Gasteiger partial charge in [-0.05, 0) is 52.3 Å². The van der Waals surface area contributed by atoms with Crippen molar-refractivity contribution in [3.05, 3.63) is 52.8 Å². The van der Waals surface area contributed by atoms with E-state index in [-0.39, 0.29) is 5.91 Å². The van der Waals surface area contributed by atoms with Gasteiger partial charge in [-0.15, -0.1) is 0 Å². The quantitative estimate of drug-likeness (QED) is 0.631. The minimum Gasteiger partial charge on any atom is -0.399 e. The van der Waals surface area contributed by atoms with Crippen molar-refractivity contribution in [3.63, 3.8) is 0 Å². The summed E-state index contributed by atoms with van der Waals surface area (Å²) >= 11 is 3.34. The van der Waals surface area contributed by atoms with Crippen LogP contribution in [0.3, 0.4) is 0 Å². The first-order valence-electron chi connectivity index (χ1n) is 5.93. The van der Waals surface area contributed by atoms with Crippen molar-refractivity contribution in [1.29, 1.82) is 0 Å². The molecule has 3 aromatic rings. The molecule has 1 amide bonds. The number of amides is 1. The van der Waals surface area contributed by atoms with Gasteiger partial charge in [-0.3, -0.25) is 4.79 Å². The van der Waals surface area contributed by atoms with Crippen molar-refractivity contribution in [3.8, 4) is 0 Å². The molecule has 4 N–H and O–H groups in total. The number of carbonyl (C=O) groups is 1. The van der Waals surface area contributed by atoms with Crippen LogP contribution in [0.4, 0.5) is 11.5 Å². The number of H-pyrrole nitrogens is 1. The van der Waals surface area contributed by atoms with E-state index in [1.54, 1.807) is 24.4 Å². The Morgan fingerprint density at radius 2 is 2.15 bits per heavy atom. The van der Waals surface area contributed by atoms with E-state index >= 15 is 0 Å². The molecular weight excluding hydrogens is 320 g/mol. The highest BCUT2D eigenvalue weighted by molar-refractivity contribution is 9.10. The predicted octanol–water partition coefficient (Wildman–Crippen LogP) is 3.16. The first-order valence-corrected chi connectivity index (χ1v) is 6.73. The average molecular weight is 331 g/mol. The Labute approximate surface area is 123 Å². The third-order valence-electron chi connectivity index (χ3n) is 2.88. The Morgan fingerprint density at radius 1 is 1.30 bits per heavy atom. The number of hydrogen-bond acceptors (Lipinski definition) is 3. The lowest BCUT2D eigenvalue weighted by Crippen LogP contribution is -2.13. The number of rotatable bonds is 2. The number of nitrogens with one attached hydrogen (secondary N) is 2. The highest BCUT2D eigenvalue weighted by Crippen LogP contribution is 2.21. The highest BCUT2D eigenvalue weighted by atomic mass is 79.9. The third-order valence-corrected chi connectivity index (χ3v) is 3.52. The van der Waals surface area contributed by atoms with Crippen molar-refractivity contribution in [2.45, 2.75) is 0 Å². The van der Waals surface area contributed by atoms with E-state index in [0.29, 0.717) is 17.2 Å². The molecule has 5 nitrogen and oxygen atoms in total. The molecule has 0 saturated heterocycles. The molecule has 6 heteroatoms. The van der Waals surface area contributed by atoms with E-state index in [1.807, 2.05) is 18.2 Å². The third kappa shape index (κ3) is 2.37. The Hall–Kier alpha value is -2.34. The van der Waals surface area contributed by atoms with Crippen LogP contribution in [-0.2, 0) is 0 Å². The number of aromatic nitrogens is 2. The van der Waals surface area contributed by atoms with Gasteiger partial charge in [0.2, 0.25) is 0 Å². The van der Waals surface area contributed by atoms with Crippen molar-refractivity contribution < 1.29 is 4.79 Å². The number of aromatic amines is 1. The molecule has 0 aliphatic carbocycles. The van der Waals surface area contributed by atoms with E-state index in [1.165, 1.54) is 0 Å². The number of carbonyl (C=O) groups excluding carboxylic acids is 1. The molecule has 0 aliphatic rings. The van der Waals surface area contributed by atoms with E-state index in [0.717, 1.165) is 15.4 Å². The molecule has 0 fully saturated rings. The normalized spacial score (nSPS) is 10.7. The van der Waals surface area contributed by atoms with Gasteiger partial charge in [0.1, 0.15) is 11.5 Å². The number of hydrogen-bond donors (Lipinski definition) is 3. The van der Waals surface area contributed by atoms with Gasteiger partial charge in [0.25, 0.3) is 5.91 Å². The second-order valence-corrected chi connectivity index (χ2v) is 5.17. The maximum atomic E-state index is 12.2. The number of fused-ring (bicyclic) bond motifs is 1. The summed E-state index contributed by atoms with van der Waals surface area (Å²) in [7, 11) is 0. The highest BCUT2D eigenvalue weighted by Gasteiger charge is 2.11. The summed E-state index contributed by atoms with van der Waals surface area (Å²) in [5, 5.41) is 3.64. The summed E-state index contributed by atoms with van der Waals surface area (Å²) in [6.45, 7) is 0. The number of nitrogens with zero attached hydrogens (tertiary/aromatic N) is 1. The zero-order valence-electron chi connectivity index (χ0n) is 10.4. The summed E-state index contributed by atoms with van der Waals surface area (Å²) < 4.78 is 0.730. The lowest BCUT2D eigenvalue weighted by Gasteiger charge is -2.04. The van der Waals surface area contributed by atoms with Gasteiger partial charge < -0.3 is 16.0 Å². The smallest absolute Gasteiger partial charge is 0.273 e. The molecule has 0 bridgehead atoms. The molecule has 1 aromatic carbocycles. The molecule has 0 spiro atoms. The van der Waals surface area contributed by atoms with Gasteiger partial charge >= 0.3 is 0 Å². The van der Waals surface area contributed by atoms with E-state index in [2.05, 4.69) is 31.2 Å². The van der Waals surface area contributed by atoms with Crippen molar-refractivity contribution in [2.24, 2.45) is 0 Å². The predicted molar refractivity (Wildman–Crippen MR) is 82.6 cm³/mol. The lowest BCUT2D eigenvalue weighted by atomic mass is 10.2. The summed E-state index contributed by atoms with van der Waals surface area (Å²) in [5.74, 6) is 0.231. The van der Waals surface area contributed by atoms with E-state index in [9.17, 15) is 4.79 Å². The number of anilines is 2. The fraction of sp³-hybridized carbons (Fsp3) is 0. The van der Waals surface area contributed by atoms with Crippen LogP contribution in [0.1, 0.15) is 10.5 Å². The Kier molecular flexibility index (Phi) is 3.15. The number of pyridine rings is 1. The van der Waals surface area contributed by atoms with Gasteiger partial charge in [-0.2, -0.15) is 0 Å². The number of halogens is 1. The summed E-state index contributed by atoms with van der Waals surface area (Å²) in [6.07, 6.45) is 1.62. The molecule has 100 valence electrons. The monoisotopic (exact) mass is 330 g/mol. The zero-order chi connectivity index (χ0) is 14.1. The fourth-order valence-electron chi connectivity index (χ4n) is 1.93. The van der Waals surface area contributed by atoms with Crippen LogP contribution in [0.15, 0.2) is 47.1 Å². The van der Waals surface area contributed by atoms with Gasteiger partial charge in [0.15, 0.2) is 0 Å². The Morgan fingerprint density at radius 3 is 2.95 bits per heavy atom. The second kappa shape index (κ2) is 4.97. The van der Waals surface area contributed by atoms with Crippen LogP contribution in [-0.4, -0.2) is 15.9 Å². The SMILES string of the molecule is Nc1ccc2[nH]c(C(=O)Nc3ncccc3Br)cc2c1. The number of nitrogen functional groups attached to an aromatic ring is 1. The van der Waals surface area contributed by atoms with E-state index in [4.69, 9.17) is 5.73 Å². The van der Waals surface area contributed by atoms with Crippen LogP contribution in [0.5, 0.6) is 0 Å². The van der Waals surface area contributed by atoms with E-state index < -0.39 is 0 Å². The van der Waals surface area contributed by atoms with Crippen molar-refractivity contribution >= 4 is 44.2 Å². The van der Waals surface area contributed by atoms with Gasteiger partial charge in [0.05, 0.1) is 4.47 Å². The minimum absolute atomic E-state index is 0.251. The molecule has 3 rings (SSSR count). The largest absolute Gasteiger partial charge is 0.399 e. The fourth-order valence-corrected chi connectivity index (χ4v) is 2.28. The second-order valence-electron chi connectivity index (χ2n) is 4.32. The molecule has 2 heterocycles. The lowest BCUT2D eigenvalue weighted by molar-refractivity contribution is 0.102. The molecule has 0 radical (unpaired) electrons. The van der Waals surface area contributed by atoms with Crippen molar-refractivity contribution in [1.82, 2.24) is 9.97 Å². The summed E-state index contributed by atoms with van der Waals surface area (Å²) in [4.78, 5) is 19.3. The first kappa shape index (κ1) is 12.7. The minimum atomic E-state index is -0.251. The topological polar surface area (TPSA) is 83.8 Å². The maximum absolute atomic E-state index is 12.2. The van der Waals surface area contributed by atoms with Gasteiger partial charge in [-0.1, -0.05) is 0 Å². The van der Waals surface area contributed by atoms with Crippen LogP contribution < -0.4 is 11.1 Å². The molecule has 0 atom stereocenters.